The van der Waals surface area contributed by atoms with Crippen molar-refractivity contribution in [2.45, 2.75) is 32.5 Å². The smallest absolute Gasteiger partial charge is 0.338 e. The molecular formula is C32H31N3O8. The van der Waals surface area contributed by atoms with Crippen LogP contribution in [0.4, 0.5) is 5.69 Å². The fraction of sp³-hybridized carbons (Fsp3) is 0.281. The Kier molecular flexibility index (Phi) is 8.16. The van der Waals surface area contributed by atoms with Crippen molar-refractivity contribution < 1.29 is 33.5 Å². The molecule has 0 radical (unpaired) electrons. The van der Waals surface area contributed by atoms with E-state index in [1.54, 1.807) is 62.5 Å². The van der Waals surface area contributed by atoms with Crippen LogP contribution in [0, 0.1) is 15.5 Å². The number of fused-ring (bicyclic) bond motifs is 1. The Hall–Kier alpha value is -5.19. The Bertz CT molecular complexity index is 1660. The third kappa shape index (κ3) is 6.20. The average molecular weight is 586 g/mol. The SMILES string of the molecule is COc1ccc2[nH]cc([C@@H](C[N+](=O)[O-])C(=O)O[C@H]3C(=O)N(c4ccc(C(=O)OCc5ccccc5)cc4)CC3(C)C)c2c1. The molecule has 1 aliphatic heterocycles. The molecule has 11 nitrogen and oxygen atoms in total. The van der Waals surface area contributed by atoms with Gasteiger partial charge in [-0.25, -0.2) is 4.79 Å². The molecule has 1 aliphatic rings. The molecule has 3 aromatic carbocycles. The number of rotatable bonds is 10. The third-order valence-electron chi connectivity index (χ3n) is 7.54. The van der Waals surface area contributed by atoms with Gasteiger partial charge in [0.15, 0.2) is 6.10 Å². The quantitative estimate of drug-likeness (QED) is 0.158. The number of hydrogen-bond acceptors (Lipinski definition) is 8. The molecule has 0 saturated carbocycles. The lowest BCUT2D eigenvalue weighted by Crippen LogP contribution is -2.38. The van der Waals surface area contributed by atoms with Gasteiger partial charge in [-0.3, -0.25) is 19.7 Å². The highest BCUT2D eigenvalue weighted by molar-refractivity contribution is 6.02. The van der Waals surface area contributed by atoms with E-state index in [9.17, 15) is 24.5 Å². The van der Waals surface area contributed by atoms with Crippen LogP contribution in [0.5, 0.6) is 5.75 Å². The number of anilines is 1. The first-order valence-corrected chi connectivity index (χ1v) is 13.7. The molecule has 0 unspecified atom stereocenters. The largest absolute Gasteiger partial charge is 0.497 e. The molecular weight excluding hydrogens is 554 g/mol. The number of carbonyl (C=O) groups excluding carboxylic acids is 3. The maximum Gasteiger partial charge on any atom is 0.338 e. The summed E-state index contributed by atoms with van der Waals surface area (Å²) in [5.74, 6) is -2.56. The van der Waals surface area contributed by atoms with Gasteiger partial charge in [-0.2, -0.15) is 0 Å². The summed E-state index contributed by atoms with van der Waals surface area (Å²) in [7, 11) is 1.50. The van der Waals surface area contributed by atoms with Crippen LogP contribution in [0.3, 0.4) is 0 Å². The first-order valence-electron chi connectivity index (χ1n) is 13.7. The lowest BCUT2D eigenvalue weighted by atomic mass is 9.89. The van der Waals surface area contributed by atoms with Crippen LogP contribution in [-0.2, 0) is 25.7 Å². The van der Waals surface area contributed by atoms with Crippen molar-refractivity contribution in [1.82, 2.24) is 4.98 Å². The molecule has 11 heteroatoms. The molecule has 1 saturated heterocycles. The zero-order valence-electron chi connectivity index (χ0n) is 23.9. The molecule has 5 rings (SSSR count). The highest BCUT2D eigenvalue weighted by Crippen LogP contribution is 2.38. The number of methoxy groups -OCH3 is 1. The highest BCUT2D eigenvalue weighted by Gasteiger charge is 2.50. The van der Waals surface area contributed by atoms with E-state index in [1.807, 2.05) is 30.3 Å². The number of aromatic nitrogens is 1. The average Bonchev–Trinajstić information content (AvgIpc) is 3.52. The Morgan fingerprint density at radius 2 is 1.81 bits per heavy atom. The van der Waals surface area contributed by atoms with Gasteiger partial charge in [0.1, 0.15) is 18.3 Å². The summed E-state index contributed by atoms with van der Waals surface area (Å²) in [5, 5.41) is 12.2. The van der Waals surface area contributed by atoms with Gasteiger partial charge in [-0.05, 0) is 53.6 Å². The highest BCUT2D eigenvalue weighted by atomic mass is 16.6. The Morgan fingerprint density at radius 3 is 2.49 bits per heavy atom. The maximum absolute atomic E-state index is 13.6. The topological polar surface area (TPSA) is 141 Å². The number of aromatic amines is 1. The second-order valence-electron chi connectivity index (χ2n) is 11.1. The Morgan fingerprint density at radius 1 is 1.09 bits per heavy atom. The molecule has 1 N–H and O–H groups in total. The minimum Gasteiger partial charge on any atom is -0.497 e. The molecule has 43 heavy (non-hydrogen) atoms. The van der Waals surface area contributed by atoms with E-state index in [1.165, 1.54) is 12.0 Å². The van der Waals surface area contributed by atoms with Gasteiger partial charge in [-0.1, -0.05) is 44.2 Å². The van der Waals surface area contributed by atoms with Gasteiger partial charge in [0, 0.05) is 39.7 Å². The van der Waals surface area contributed by atoms with Crippen molar-refractivity contribution in [3.8, 4) is 5.75 Å². The van der Waals surface area contributed by atoms with E-state index >= 15 is 0 Å². The van der Waals surface area contributed by atoms with Gasteiger partial charge < -0.3 is 24.1 Å². The van der Waals surface area contributed by atoms with Crippen LogP contribution in [0.2, 0.25) is 0 Å². The van der Waals surface area contributed by atoms with Gasteiger partial charge in [0.2, 0.25) is 6.54 Å². The molecule has 0 bridgehead atoms. The third-order valence-corrected chi connectivity index (χ3v) is 7.54. The standard InChI is InChI=1S/C32H31N3O8/c1-32(2)19-34(22-11-9-21(10-12-22)30(37)42-18-20-7-5-4-6-8-20)29(36)28(32)43-31(38)26(17-35(39)40)25-16-33-27-14-13-23(41-3)15-24(25)27/h4-16,26,28,33H,17-19H2,1-3H3/t26-,28+/m1/s1. The summed E-state index contributed by atoms with van der Waals surface area (Å²) < 4.78 is 16.4. The monoisotopic (exact) mass is 585 g/mol. The van der Waals surface area contributed by atoms with Crippen molar-refractivity contribution in [2.75, 3.05) is 25.1 Å². The number of esters is 2. The molecule has 4 aromatic rings. The normalized spacial score (nSPS) is 16.6. The number of nitrogens with zero attached hydrogens (tertiary/aromatic N) is 2. The van der Waals surface area contributed by atoms with E-state index in [0.29, 0.717) is 33.5 Å². The van der Waals surface area contributed by atoms with E-state index in [4.69, 9.17) is 14.2 Å². The first kappa shape index (κ1) is 29.3. The molecule has 2 heterocycles. The first-order chi connectivity index (χ1) is 20.6. The number of carbonyl (C=O) groups is 3. The zero-order chi connectivity index (χ0) is 30.7. The minimum absolute atomic E-state index is 0.136. The van der Waals surface area contributed by atoms with Gasteiger partial charge in [0.25, 0.3) is 5.91 Å². The summed E-state index contributed by atoms with van der Waals surface area (Å²) in [4.78, 5) is 55.1. The number of hydrogen-bond donors (Lipinski definition) is 1. The molecule has 0 aliphatic carbocycles. The van der Waals surface area contributed by atoms with Crippen molar-refractivity contribution in [1.29, 1.82) is 0 Å². The number of amides is 1. The Balaban J connectivity index is 1.31. The summed E-state index contributed by atoms with van der Waals surface area (Å²) in [6, 6.07) is 20.9. The lowest BCUT2D eigenvalue weighted by Gasteiger charge is -2.24. The van der Waals surface area contributed by atoms with Crippen molar-refractivity contribution in [3.05, 3.63) is 106 Å². The van der Waals surface area contributed by atoms with Gasteiger partial charge >= 0.3 is 11.9 Å². The van der Waals surface area contributed by atoms with Crippen molar-refractivity contribution in [2.24, 2.45) is 5.41 Å². The predicted octanol–water partition coefficient (Wildman–Crippen LogP) is 4.88. The molecule has 1 fully saturated rings. The molecule has 1 aromatic heterocycles. The number of nitrogens with one attached hydrogen (secondary N) is 1. The predicted molar refractivity (Wildman–Crippen MR) is 157 cm³/mol. The van der Waals surface area contributed by atoms with Crippen LogP contribution in [0.25, 0.3) is 10.9 Å². The molecule has 1 amide bonds. The van der Waals surface area contributed by atoms with Crippen LogP contribution < -0.4 is 9.64 Å². The number of ether oxygens (including phenoxy) is 3. The fourth-order valence-electron chi connectivity index (χ4n) is 5.24. The summed E-state index contributed by atoms with van der Waals surface area (Å²) in [5.41, 5.74) is 1.96. The van der Waals surface area contributed by atoms with E-state index in [2.05, 4.69) is 4.98 Å². The van der Waals surface area contributed by atoms with Crippen LogP contribution in [0.1, 0.15) is 41.3 Å². The zero-order valence-corrected chi connectivity index (χ0v) is 23.9. The summed E-state index contributed by atoms with van der Waals surface area (Å²) >= 11 is 0. The minimum atomic E-state index is -1.25. The second-order valence-corrected chi connectivity index (χ2v) is 11.1. The molecule has 222 valence electrons. The van der Waals surface area contributed by atoms with E-state index in [0.717, 1.165) is 5.56 Å². The van der Waals surface area contributed by atoms with E-state index in [-0.39, 0.29) is 13.2 Å². The summed E-state index contributed by atoms with van der Waals surface area (Å²) in [6.07, 6.45) is 0.365. The molecule has 0 spiro atoms. The van der Waals surface area contributed by atoms with Crippen molar-refractivity contribution >= 4 is 34.4 Å². The van der Waals surface area contributed by atoms with Gasteiger partial charge in [0.05, 0.1) is 12.7 Å². The summed E-state index contributed by atoms with van der Waals surface area (Å²) in [6.45, 7) is 3.23. The Labute approximate surface area is 247 Å². The maximum atomic E-state index is 13.6. The number of nitro groups is 1. The molecule has 2 atom stereocenters. The van der Waals surface area contributed by atoms with Crippen LogP contribution in [-0.4, -0.2) is 54.1 Å². The van der Waals surface area contributed by atoms with Crippen LogP contribution >= 0.6 is 0 Å². The van der Waals surface area contributed by atoms with Crippen LogP contribution in [0.15, 0.2) is 79.0 Å². The lowest BCUT2D eigenvalue weighted by molar-refractivity contribution is -0.481. The van der Waals surface area contributed by atoms with Crippen molar-refractivity contribution in [3.63, 3.8) is 0 Å². The number of benzene rings is 3. The fourth-order valence-corrected chi connectivity index (χ4v) is 5.24. The number of H-pyrrole nitrogens is 1. The van der Waals surface area contributed by atoms with E-state index < -0.39 is 46.8 Å². The second kappa shape index (κ2) is 12.0. The van der Waals surface area contributed by atoms with Gasteiger partial charge in [-0.15, -0.1) is 0 Å².